The highest BCUT2D eigenvalue weighted by molar-refractivity contribution is 7.90. The van der Waals surface area contributed by atoms with Gasteiger partial charge in [0, 0.05) is 52.2 Å². The van der Waals surface area contributed by atoms with Crippen LogP contribution in [0.15, 0.2) is 23.5 Å². The molecule has 1 fully saturated rings. The van der Waals surface area contributed by atoms with Crippen LogP contribution >= 0.6 is 0 Å². The fraction of sp³-hybridized carbons (Fsp3) is 0.733. The number of alkyl halides is 3. The number of aliphatic imine (C=N–C) groups is 1. The van der Waals surface area contributed by atoms with E-state index in [4.69, 9.17) is 0 Å². The number of piperidine rings is 1. The normalized spacial score (nSPS) is 17.9. The first-order valence-corrected chi connectivity index (χ1v) is 10.2. The lowest BCUT2D eigenvalue weighted by molar-refractivity contribution is -0.0496. The number of nitrogens with one attached hydrogen (secondary N) is 2. The molecule has 0 saturated carbocycles. The molecule has 154 valence electrons. The zero-order chi connectivity index (χ0) is 19.9. The predicted molar refractivity (Wildman–Crippen MR) is 95.5 cm³/mol. The minimum Gasteiger partial charge on any atom is -0.356 e. The van der Waals surface area contributed by atoms with Crippen LogP contribution in [0, 0.1) is 5.92 Å². The Hall–Kier alpha value is -1.82. The van der Waals surface area contributed by atoms with E-state index in [9.17, 15) is 21.6 Å². The average molecular weight is 410 g/mol. The Labute approximate surface area is 156 Å². The fourth-order valence-electron chi connectivity index (χ4n) is 2.84. The van der Waals surface area contributed by atoms with Crippen LogP contribution < -0.4 is 10.6 Å². The van der Waals surface area contributed by atoms with Gasteiger partial charge < -0.3 is 10.6 Å². The molecule has 0 bridgehead atoms. The van der Waals surface area contributed by atoms with E-state index in [1.807, 2.05) is 16.9 Å². The highest BCUT2D eigenvalue weighted by Crippen LogP contribution is 2.30. The van der Waals surface area contributed by atoms with Crippen LogP contribution in [-0.4, -0.2) is 67.2 Å². The third-order valence-electron chi connectivity index (χ3n) is 4.40. The molecular formula is C15H25F3N6O2S. The number of hydrogen-bond donors (Lipinski definition) is 2. The van der Waals surface area contributed by atoms with E-state index in [1.165, 1.54) is 0 Å². The van der Waals surface area contributed by atoms with Crippen molar-refractivity contribution in [2.75, 3.05) is 33.2 Å². The molecule has 2 rings (SSSR count). The Kier molecular flexibility index (Phi) is 7.48. The SMILES string of the molecule is CN=C(NCCCn1cccn1)NCC1CCN(S(=O)(=O)C(F)(F)F)CC1. The van der Waals surface area contributed by atoms with Crippen molar-refractivity contribution in [3.05, 3.63) is 18.5 Å². The summed E-state index contributed by atoms with van der Waals surface area (Å²) in [5.74, 6) is 0.702. The highest BCUT2D eigenvalue weighted by atomic mass is 32.2. The van der Waals surface area contributed by atoms with Gasteiger partial charge in [-0.3, -0.25) is 9.67 Å². The van der Waals surface area contributed by atoms with Crippen LogP contribution in [0.1, 0.15) is 19.3 Å². The van der Waals surface area contributed by atoms with Crippen molar-refractivity contribution < 1.29 is 21.6 Å². The third-order valence-corrected chi connectivity index (χ3v) is 6.03. The summed E-state index contributed by atoms with van der Waals surface area (Å²) in [5, 5.41) is 10.4. The number of halogens is 3. The first kappa shape index (κ1) is 21.5. The minimum absolute atomic E-state index is 0.0901. The summed E-state index contributed by atoms with van der Waals surface area (Å²) in [7, 11) is -3.58. The van der Waals surface area contributed by atoms with Crippen molar-refractivity contribution in [2.24, 2.45) is 10.9 Å². The summed E-state index contributed by atoms with van der Waals surface area (Å²) in [6, 6.07) is 1.86. The number of hydrogen-bond acceptors (Lipinski definition) is 4. The van der Waals surface area contributed by atoms with Gasteiger partial charge in [-0.05, 0) is 31.2 Å². The van der Waals surface area contributed by atoms with E-state index in [0.29, 0.717) is 36.2 Å². The lowest BCUT2D eigenvalue weighted by atomic mass is 9.98. The summed E-state index contributed by atoms with van der Waals surface area (Å²) < 4.78 is 62.9. The first-order valence-electron chi connectivity index (χ1n) is 8.72. The highest BCUT2D eigenvalue weighted by Gasteiger charge is 2.50. The van der Waals surface area contributed by atoms with E-state index in [0.717, 1.165) is 13.0 Å². The zero-order valence-corrected chi connectivity index (χ0v) is 15.9. The molecule has 1 aromatic rings. The number of aryl methyl sites for hydroxylation is 1. The number of sulfonamides is 1. The van der Waals surface area contributed by atoms with Gasteiger partial charge in [0.2, 0.25) is 0 Å². The molecule has 1 aliphatic rings. The van der Waals surface area contributed by atoms with Gasteiger partial charge in [-0.15, -0.1) is 0 Å². The van der Waals surface area contributed by atoms with Crippen LogP contribution in [0.3, 0.4) is 0 Å². The zero-order valence-electron chi connectivity index (χ0n) is 15.1. The van der Waals surface area contributed by atoms with Gasteiger partial charge in [0.1, 0.15) is 0 Å². The minimum atomic E-state index is -5.24. The lowest BCUT2D eigenvalue weighted by Crippen LogP contribution is -2.47. The Bertz CT molecular complexity index is 698. The van der Waals surface area contributed by atoms with Gasteiger partial charge in [-0.25, -0.2) is 8.42 Å². The molecule has 2 N–H and O–H groups in total. The summed E-state index contributed by atoms with van der Waals surface area (Å²) in [5.41, 5.74) is -5.24. The molecule has 0 unspecified atom stereocenters. The second-order valence-electron chi connectivity index (χ2n) is 6.30. The van der Waals surface area contributed by atoms with Gasteiger partial charge in [-0.1, -0.05) is 0 Å². The van der Waals surface area contributed by atoms with Crippen LogP contribution in [-0.2, 0) is 16.6 Å². The number of guanidine groups is 1. The molecule has 12 heteroatoms. The summed E-state index contributed by atoms with van der Waals surface area (Å²) >= 11 is 0. The van der Waals surface area contributed by atoms with Crippen molar-refractivity contribution in [3.8, 4) is 0 Å². The smallest absolute Gasteiger partial charge is 0.356 e. The molecule has 8 nitrogen and oxygen atoms in total. The first-order chi connectivity index (χ1) is 12.7. The molecule has 1 aliphatic heterocycles. The second-order valence-corrected chi connectivity index (χ2v) is 8.23. The van der Waals surface area contributed by atoms with Crippen molar-refractivity contribution in [2.45, 2.75) is 31.3 Å². The average Bonchev–Trinajstić information content (AvgIpc) is 3.14. The Morgan fingerprint density at radius 1 is 1.30 bits per heavy atom. The van der Waals surface area contributed by atoms with Crippen LogP contribution in [0.5, 0.6) is 0 Å². The molecule has 2 heterocycles. The molecule has 0 aliphatic carbocycles. The molecule has 0 spiro atoms. The summed E-state index contributed by atoms with van der Waals surface area (Å²) in [4.78, 5) is 4.11. The number of rotatable bonds is 7. The van der Waals surface area contributed by atoms with Crippen molar-refractivity contribution in [1.82, 2.24) is 24.7 Å². The number of nitrogens with zero attached hydrogens (tertiary/aromatic N) is 4. The lowest BCUT2D eigenvalue weighted by Gasteiger charge is -2.31. The van der Waals surface area contributed by atoms with Crippen LogP contribution in [0.4, 0.5) is 13.2 Å². The van der Waals surface area contributed by atoms with Crippen LogP contribution in [0.2, 0.25) is 0 Å². The Morgan fingerprint density at radius 2 is 2.00 bits per heavy atom. The largest absolute Gasteiger partial charge is 0.511 e. The summed E-state index contributed by atoms with van der Waals surface area (Å²) in [6.45, 7) is 1.76. The van der Waals surface area contributed by atoms with Gasteiger partial charge in [0.05, 0.1) is 0 Å². The molecule has 0 radical (unpaired) electrons. The Balaban J connectivity index is 1.67. The Morgan fingerprint density at radius 3 is 2.56 bits per heavy atom. The monoisotopic (exact) mass is 410 g/mol. The van der Waals surface area contributed by atoms with Crippen LogP contribution in [0.25, 0.3) is 0 Å². The van der Waals surface area contributed by atoms with Gasteiger partial charge in [0.25, 0.3) is 0 Å². The number of aromatic nitrogens is 2. The molecule has 1 saturated heterocycles. The molecule has 0 amide bonds. The van der Waals surface area contributed by atoms with Crippen molar-refractivity contribution in [3.63, 3.8) is 0 Å². The van der Waals surface area contributed by atoms with E-state index >= 15 is 0 Å². The van der Waals surface area contributed by atoms with E-state index < -0.39 is 15.5 Å². The molecule has 1 aromatic heterocycles. The van der Waals surface area contributed by atoms with Crippen molar-refractivity contribution in [1.29, 1.82) is 0 Å². The van der Waals surface area contributed by atoms with Gasteiger partial charge >= 0.3 is 15.5 Å². The maximum atomic E-state index is 12.6. The molecular weight excluding hydrogens is 385 g/mol. The summed E-state index contributed by atoms with van der Waals surface area (Å²) in [6.07, 6.45) is 5.21. The maximum absolute atomic E-state index is 12.6. The third kappa shape index (κ3) is 6.09. The van der Waals surface area contributed by atoms with E-state index in [2.05, 4.69) is 20.7 Å². The quantitative estimate of drug-likeness (QED) is 0.398. The van der Waals surface area contributed by atoms with Crippen molar-refractivity contribution >= 4 is 16.0 Å². The predicted octanol–water partition coefficient (Wildman–Crippen LogP) is 1.000. The fourth-order valence-corrected chi connectivity index (χ4v) is 3.83. The maximum Gasteiger partial charge on any atom is 0.511 e. The second kappa shape index (κ2) is 9.40. The molecule has 27 heavy (non-hydrogen) atoms. The van der Waals surface area contributed by atoms with E-state index in [1.54, 1.807) is 13.2 Å². The molecule has 0 aromatic carbocycles. The van der Waals surface area contributed by atoms with E-state index in [-0.39, 0.29) is 19.0 Å². The van der Waals surface area contributed by atoms with Gasteiger partial charge in [-0.2, -0.15) is 22.6 Å². The van der Waals surface area contributed by atoms with Gasteiger partial charge in [0.15, 0.2) is 5.96 Å². The standard InChI is InChI=1S/C15H25F3N6O2S/c1-19-14(20-6-2-8-23-9-3-7-22-23)21-12-13-4-10-24(11-5-13)27(25,26)15(16,17)18/h3,7,9,13H,2,4-6,8,10-12H2,1H3,(H2,19,20,21). The topological polar surface area (TPSA) is 91.6 Å². The molecule has 0 atom stereocenters.